The van der Waals surface area contributed by atoms with Gasteiger partial charge in [0.1, 0.15) is 17.4 Å². The van der Waals surface area contributed by atoms with Crippen LogP contribution in [0.1, 0.15) is 17.7 Å². The van der Waals surface area contributed by atoms with Crippen molar-refractivity contribution in [1.82, 2.24) is 14.5 Å². The van der Waals surface area contributed by atoms with Crippen molar-refractivity contribution in [1.29, 1.82) is 5.26 Å². The Labute approximate surface area is 163 Å². The van der Waals surface area contributed by atoms with Crippen LogP contribution in [-0.2, 0) is 6.54 Å². The molecule has 1 fully saturated rings. The van der Waals surface area contributed by atoms with Gasteiger partial charge >= 0.3 is 0 Å². The van der Waals surface area contributed by atoms with Crippen molar-refractivity contribution in [3.05, 3.63) is 53.4 Å². The zero-order valence-electron chi connectivity index (χ0n) is 15.1. The van der Waals surface area contributed by atoms with Gasteiger partial charge in [0.15, 0.2) is 5.82 Å². The lowest BCUT2D eigenvalue weighted by Crippen LogP contribution is -2.55. The molecule has 0 aliphatic carbocycles. The third-order valence-corrected chi connectivity index (χ3v) is 4.97. The van der Waals surface area contributed by atoms with E-state index in [9.17, 15) is 17.6 Å². The van der Waals surface area contributed by atoms with Crippen LogP contribution < -0.4 is 10.6 Å². The number of nitriles is 1. The van der Waals surface area contributed by atoms with Crippen molar-refractivity contribution in [2.45, 2.75) is 24.9 Å². The smallest absolute Gasteiger partial charge is 0.266 e. The monoisotopic (exact) mass is 404 g/mol. The Hall–Kier alpha value is -3.19. The maximum Gasteiger partial charge on any atom is 0.266 e. The van der Waals surface area contributed by atoms with Gasteiger partial charge in [-0.2, -0.15) is 5.26 Å². The quantitative estimate of drug-likeness (QED) is 0.679. The van der Waals surface area contributed by atoms with Crippen molar-refractivity contribution in [2.24, 2.45) is 5.73 Å². The molecule has 4 rings (SSSR count). The summed E-state index contributed by atoms with van der Waals surface area (Å²) < 4.78 is 57.3. The number of aromatic nitrogens is 3. The number of benzene rings is 1. The summed E-state index contributed by atoms with van der Waals surface area (Å²) in [5.41, 5.74) is 6.59. The Bertz CT molecular complexity index is 1100. The van der Waals surface area contributed by atoms with Gasteiger partial charge in [-0.05, 0) is 12.1 Å². The second kappa shape index (κ2) is 7.00. The first kappa shape index (κ1) is 19.1. The minimum absolute atomic E-state index is 0.0328. The van der Waals surface area contributed by atoms with Crippen LogP contribution in [0.4, 0.5) is 23.5 Å². The Morgan fingerprint density at radius 3 is 2.72 bits per heavy atom. The number of rotatable bonds is 3. The fraction of sp³-hybridized carbons (Fsp3) is 0.316. The molecule has 0 bridgehead atoms. The van der Waals surface area contributed by atoms with Crippen molar-refractivity contribution in [3.63, 3.8) is 0 Å². The van der Waals surface area contributed by atoms with E-state index in [1.54, 1.807) is 17.0 Å². The van der Waals surface area contributed by atoms with E-state index in [2.05, 4.69) is 9.97 Å². The number of nitrogens with zero attached hydrogens (tertiary/aromatic N) is 5. The molecule has 10 heteroatoms. The number of piperidine rings is 1. The zero-order chi connectivity index (χ0) is 20.8. The van der Waals surface area contributed by atoms with E-state index in [1.165, 1.54) is 10.8 Å². The topological polar surface area (TPSA) is 83.8 Å². The summed E-state index contributed by atoms with van der Waals surface area (Å²) >= 11 is 0. The Morgan fingerprint density at radius 2 is 2.07 bits per heavy atom. The van der Waals surface area contributed by atoms with Crippen molar-refractivity contribution >= 4 is 17.0 Å². The van der Waals surface area contributed by atoms with Crippen LogP contribution in [0.25, 0.3) is 11.0 Å². The Kier molecular flexibility index (Phi) is 4.62. The first-order valence-electron chi connectivity index (χ1n) is 8.87. The number of hydrogen-bond acceptors (Lipinski definition) is 5. The predicted octanol–water partition coefficient (Wildman–Crippen LogP) is 2.80. The molecule has 1 unspecified atom stereocenters. The summed E-state index contributed by atoms with van der Waals surface area (Å²) in [5, 5.41) is 8.90. The zero-order valence-corrected chi connectivity index (χ0v) is 15.1. The minimum Gasteiger partial charge on any atom is -0.340 e. The number of pyridine rings is 1. The van der Waals surface area contributed by atoms with E-state index in [0.717, 1.165) is 12.1 Å². The van der Waals surface area contributed by atoms with Gasteiger partial charge in [0.05, 0.1) is 29.4 Å². The van der Waals surface area contributed by atoms with Gasteiger partial charge in [0, 0.05) is 37.8 Å². The molecule has 29 heavy (non-hydrogen) atoms. The highest BCUT2D eigenvalue weighted by Crippen LogP contribution is 2.32. The lowest BCUT2D eigenvalue weighted by atomic mass is 10.0. The van der Waals surface area contributed by atoms with Crippen LogP contribution in [0.2, 0.25) is 0 Å². The Balaban J connectivity index is 1.80. The molecule has 3 heterocycles. The molecule has 1 saturated heterocycles. The number of halogens is 4. The highest BCUT2D eigenvalue weighted by atomic mass is 19.3. The molecule has 2 aromatic heterocycles. The van der Waals surface area contributed by atoms with Gasteiger partial charge in [-0.3, -0.25) is 4.98 Å². The summed E-state index contributed by atoms with van der Waals surface area (Å²) in [4.78, 5) is 10.0. The molecule has 0 radical (unpaired) electrons. The predicted molar refractivity (Wildman–Crippen MR) is 97.5 cm³/mol. The second-order valence-electron chi connectivity index (χ2n) is 6.97. The van der Waals surface area contributed by atoms with Crippen molar-refractivity contribution < 1.29 is 17.6 Å². The number of hydrogen-bond donors (Lipinski definition) is 1. The maximum absolute atomic E-state index is 14.6. The van der Waals surface area contributed by atoms with Crippen LogP contribution in [-0.4, -0.2) is 39.6 Å². The second-order valence-corrected chi connectivity index (χ2v) is 6.97. The number of anilines is 1. The molecule has 0 saturated carbocycles. The SMILES string of the molecule is N#Cc1ccc(Cn2c(N3CCC(F)(F)C(N)C3)nc3cc(F)cc(F)c32)nc1. The lowest BCUT2D eigenvalue weighted by molar-refractivity contribution is -0.0395. The van der Waals surface area contributed by atoms with Gasteiger partial charge in [-0.15, -0.1) is 0 Å². The van der Waals surface area contributed by atoms with E-state index >= 15 is 0 Å². The van der Waals surface area contributed by atoms with E-state index in [-0.39, 0.29) is 36.6 Å². The standard InChI is InChI=1S/C19H16F4N6/c20-12-5-14(21)17-15(6-12)27-18(28-4-3-19(22,23)16(25)10-28)29(17)9-13-2-1-11(7-24)8-26-13/h1-2,5-6,8,16H,3-4,9-10,25H2. The molecular weight excluding hydrogens is 388 g/mol. The first-order chi connectivity index (χ1) is 13.8. The van der Waals surface area contributed by atoms with Crippen LogP contribution >= 0.6 is 0 Å². The normalized spacial score (nSPS) is 18.8. The average Bonchev–Trinajstić information content (AvgIpc) is 3.03. The summed E-state index contributed by atoms with van der Waals surface area (Å²) in [6.45, 7) is -0.154. The van der Waals surface area contributed by atoms with Crippen LogP contribution in [0, 0.1) is 23.0 Å². The van der Waals surface area contributed by atoms with Gasteiger partial charge in [-0.25, -0.2) is 22.5 Å². The van der Waals surface area contributed by atoms with Gasteiger partial charge < -0.3 is 15.2 Å². The number of fused-ring (bicyclic) bond motifs is 1. The fourth-order valence-corrected chi connectivity index (χ4v) is 3.42. The van der Waals surface area contributed by atoms with Gasteiger partial charge in [-0.1, -0.05) is 0 Å². The fourth-order valence-electron chi connectivity index (χ4n) is 3.42. The molecule has 0 spiro atoms. The van der Waals surface area contributed by atoms with Crippen LogP contribution in [0.5, 0.6) is 0 Å². The molecule has 1 atom stereocenters. The van der Waals surface area contributed by atoms with Crippen LogP contribution in [0.3, 0.4) is 0 Å². The minimum atomic E-state index is -3.00. The van der Waals surface area contributed by atoms with Crippen molar-refractivity contribution in [2.75, 3.05) is 18.0 Å². The highest BCUT2D eigenvalue weighted by molar-refractivity contribution is 5.80. The summed E-state index contributed by atoms with van der Waals surface area (Å²) in [5.74, 6) is -4.40. The third kappa shape index (κ3) is 3.49. The maximum atomic E-state index is 14.6. The molecule has 2 N–H and O–H groups in total. The number of nitrogens with two attached hydrogens (primary N) is 1. The summed E-state index contributed by atoms with van der Waals surface area (Å²) in [6, 6.07) is 5.55. The molecule has 0 amide bonds. The van der Waals surface area contributed by atoms with Crippen LogP contribution in [0.15, 0.2) is 30.5 Å². The number of imidazole rings is 1. The van der Waals surface area contributed by atoms with Gasteiger partial charge in [0.25, 0.3) is 5.92 Å². The summed E-state index contributed by atoms with van der Waals surface area (Å²) in [6.07, 6.45) is 0.908. The highest BCUT2D eigenvalue weighted by Gasteiger charge is 2.43. The molecule has 1 aliphatic rings. The third-order valence-electron chi connectivity index (χ3n) is 4.97. The van der Waals surface area contributed by atoms with Crippen molar-refractivity contribution in [3.8, 4) is 6.07 Å². The first-order valence-corrected chi connectivity index (χ1v) is 8.87. The Morgan fingerprint density at radius 1 is 1.28 bits per heavy atom. The molecular formula is C19H16F4N6. The largest absolute Gasteiger partial charge is 0.340 e. The van der Waals surface area contributed by atoms with E-state index < -0.39 is 30.0 Å². The molecule has 150 valence electrons. The molecule has 6 nitrogen and oxygen atoms in total. The van der Waals surface area contributed by atoms with E-state index in [4.69, 9.17) is 11.0 Å². The molecule has 3 aromatic rings. The van der Waals surface area contributed by atoms with E-state index in [1.807, 2.05) is 6.07 Å². The van der Waals surface area contributed by atoms with Gasteiger partial charge in [0.2, 0.25) is 5.95 Å². The number of alkyl halides is 2. The molecule has 1 aromatic carbocycles. The molecule has 1 aliphatic heterocycles. The van der Waals surface area contributed by atoms with E-state index in [0.29, 0.717) is 11.3 Å². The summed E-state index contributed by atoms with van der Waals surface area (Å²) in [7, 11) is 0. The average molecular weight is 404 g/mol. The lowest BCUT2D eigenvalue weighted by Gasteiger charge is -2.37.